The number of carbonyl (C=O) groups is 5. The number of hydrogen-bond acceptors (Lipinski definition) is 18. The largest absolute Gasteiger partial charge is 0 e. The molecule has 0 fully saturated rings. The Morgan fingerprint density at radius 3 is 0.784 bits per heavy atom. The zero-order valence-electron chi connectivity index (χ0n) is 18.4. The maximum absolute atomic E-state index is 11.2. The van der Waals surface area contributed by atoms with Gasteiger partial charge in [0, 0.05) is 16.5 Å². The Morgan fingerprint density at radius 1 is 0.486 bits per heavy atom. The van der Waals surface area contributed by atoms with E-state index >= 15 is 0 Å². The SMILES string of the molecule is O=C(O)C(O)CO.O=C(O)C(O)CO.O=C([O][Ga]([O]C(=O)C(O)CO)[O]C(=O)C(O)CO)C(O)CO.[Ni]. The van der Waals surface area contributed by atoms with Crippen LogP contribution in [-0.2, 0) is 51.1 Å². The van der Waals surface area contributed by atoms with Crippen molar-refractivity contribution in [2.75, 3.05) is 33.0 Å². The summed E-state index contributed by atoms with van der Waals surface area (Å²) in [5.41, 5.74) is 0. The van der Waals surface area contributed by atoms with Gasteiger partial charge >= 0.3 is 141 Å². The molecule has 0 aromatic carbocycles. The molecule has 5 atom stereocenters. The van der Waals surface area contributed by atoms with E-state index in [1.165, 1.54) is 0 Å². The van der Waals surface area contributed by atoms with E-state index in [0.29, 0.717) is 0 Å². The third-order valence-electron chi connectivity index (χ3n) is 2.89. The van der Waals surface area contributed by atoms with Gasteiger partial charge in [-0.3, -0.25) is 0 Å². The standard InChI is InChI=1S/5C3H6O4.Ga.Ni/c5*4-1-2(5)3(6)7;;/h5*2,4-5H,1H2,(H,6,7);;/q;;;;;+3;/p-3. The van der Waals surface area contributed by atoms with Gasteiger partial charge in [0.15, 0.2) is 12.2 Å². The van der Waals surface area contributed by atoms with E-state index in [1.807, 2.05) is 0 Å². The molecule has 0 bridgehead atoms. The van der Waals surface area contributed by atoms with E-state index in [1.54, 1.807) is 0 Å². The first-order valence-corrected chi connectivity index (χ1v) is 12.1. The molecular formula is C15H27GaNiO20. The molecule has 0 spiro atoms. The van der Waals surface area contributed by atoms with Crippen molar-refractivity contribution in [2.24, 2.45) is 0 Å². The van der Waals surface area contributed by atoms with Crippen LogP contribution in [0.2, 0.25) is 0 Å². The summed E-state index contributed by atoms with van der Waals surface area (Å²) in [7, 11) is 0. The van der Waals surface area contributed by atoms with Gasteiger partial charge in [0.25, 0.3) is 0 Å². The average molecular weight is 656 g/mol. The first-order chi connectivity index (χ1) is 16.6. The molecular weight excluding hydrogens is 629 g/mol. The molecule has 0 radical (unpaired) electrons. The second-order valence-corrected chi connectivity index (χ2v) is 8.46. The van der Waals surface area contributed by atoms with Crippen molar-refractivity contribution in [2.45, 2.75) is 30.5 Å². The molecule has 0 rings (SSSR count). The summed E-state index contributed by atoms with van der Waals surface area (Å²) in [4.78, 5) is 52.7. The van der Waals surface area contributed by atoms with Gasteiger partial charge in [-0.05, 0) is 0 Å². The molecule has 220 valence electrons. The van der Waals surface area contributed by atoms with Gasteiger partial charge in [-0.15, -0.1) is 0 Å². The first-order valence-electron chi connectivity index (χ1n) is 9.14. The van der Waals surface area contributed by atoms with Crippen molar-refractivity contribution in [1.82, 2.24) is 0 Å². The minimum atomic E-state index is -4.52. The second-order valence-electron chi connectivity index (χ2n) is 5.77. The number of aliphatic carboxylic acids is 2. The summed E-state index contributed by atoms with van der Waals surface area (Å²) in [6.45, 7) is -4.51. The minimum Gasteiger partial charge on any atom is 0 e. The molecule has 20 nitrogen and oxygen atoms in total. The maximum Gasteiger partial charge on any atom is 0 e. The van der Waals surface area contributed by atoms with Crippen molar-refractivity contribution in [3.63, 3.8) is 0 Å². The summed E-state index contributed by atoms with van der Waals surface area (Å²) in [6, 6.07) is 0. The second kappa shape index (κ2) is 24.4. The number of carbonyl (C=O) groups excluding carboxylic acids is 3. The van der Waals surface area contributed by atoms with Crippen molar-refractivity contribution in [1.29, 1.82) is 0 Å². The summed E-state index contributed by atoms with van der Waals surface area (Å²) in [5.74, 6) is -7.20. The Balaban J connectivity index is -0.000000297. The smallest absolute Gasteiger partial charge is 0 e. The fourth-order valence-corrected chi connectivity index (χ4v) is 3.46. The monoisotopic (exact) mass is 654 g/mol. The van der Waals surface area contributed by atoms with Gasteiger partial charge in [0.1, 0.15) is 0 Å². The molecule has 0 saturated heterocycles. The summed E-state index contributed by atoms with van der Waals surface area (Å²) < 4.78 is 13.2. The van der Waals surface area contributed by atoms with Gasteiger partial charge in [-0.1, -0.05) is 0 Å². The number of rotatable bonds is 13. The van der Waals surface area contributed by atoms with Crippen LogP contribution in [-0.4, -0.2) is 172 Å². The summed E-state index contributed by atoms with van der Waals surface area (Å²) >= 11 is -4.52. The fraction of sp³-hybridized carbons (Fsp3) is 0.667. The zero-order valence-corrected chi connectivity index (χ0v) is 21.9. The Hall–Kier alpha value is -1.92. The van der Waals surface area contributed by atoms with E-state index in [2.05, 4.69) is 10.6 Å². The van der Waals surface area contributed by atoms with Crippen LogP contribution >= 0.6 is 0 Å². The predicted molar refractivity (Wildman–Crippen MR) is 105 cm³/mol. The molecule has 0 saturated carbocycles. The molecule has 0 heterocycles. The van der Waals surface area contributed by atoms with Crippen molar-refractivity contribution >= 4 is 47.2 Å². The van der Waals surface area contributed by atoms with E-state index in [0.717, 1.165) is 0 Å². The molecule has 37 heavy (non-hydrogen) atoms. The fourth-order valence-electron chi connectivity index (χ4n) is 0.972. The van der Waals surface area contributed by atoms with Crippen molar-refractivity contribution in [3.05, 3.63) is 0 Å². The van der Waals surface area contributed by atoms with Crippen molar-refractivity contribution < 1.29 is 112 Å². The van der Waals surface area contributed by atoms with Crippen LogP contribution in [0.4, 0.5) is 0 Å². The van der Waals surface area contributed by atoms with Crippen LogP contribution in [0.5, 0.6) is 0 Å². The predicted octanol–water partition coefficient (Wildman–Crippen LogP) is -8.49. The van der Waals surface area contributed by atoms with Crippen molar-refractivity contribution in [3.8, 4) is 0 Å². The number of carboxylic acids is 2. The normalized spacial score (nSPS) is 13.7. The summed E-state index contributed by atoms with van der Waals surface area (Å²) in [5, 5.41) is 100. The first kappa shape index (κ1) is 42.2. The molecule has 0 aliphatic carbocycles. The van der Waals surface area contributed by atoms with E-state index in [4.69, 9.17) is 61.3 Å². The van der Waals surface area contributed by atoms with Crippen LogP contribution in [0.3, 0.4) is 0 Å². The van der Waals surface area contributed by atoms with E-state index in [9.17, 15) is 24.0 Å². The molecule has 0 aromatic rings. The maximum atomic E-state index is 11.2. The van der Waals surface area contributed by atoms with Crippen LogP contribution < -0.4 is 0 Å². The Bertz CT molecular complexity index is 601. The van der Waals surface area contributed by atoms with E-state index < -0.39 is 111 Å². The van der Waals surface area contributed by atoms with Crippen LogP contribution in [0.15, 0.2) is 0 Å². The Kier molecular flexibility index (Phi) is 27.8. The molecule has 12 N–H and O–H groups in total. The number of hydrogen-bond donors (Lipinski definition) is 12. The van der Waals surface area contributed by atoms with Crippen LogP contribution in [0.25, 0.3) is 0 Å². The van der Waals surface area contributed by atoms with Crippen LogP contribution in [0, 0.1) is 0 Å². The zero-order chi connectivity index (χ0) is 29.0. The Labute approximate surface area is 223 Å². The molecule has 5 unspecified atom stereocenters. The third kappa shape index (κ3) is 21.8. The van der Waals surface area contributed by atoms with Gasteiger partial charge in [-0.2, -0.15) is 0 Å². The quantitative estimate of drug-likeness (QED) is 0.0819. The molecule has 0 aromatic heterocycles. The van der Waals surface area contributed by atoms with Gasteiger partial charge in [0.05, 0.1) is 13.2 Å². The van der Waals surface area contributed by atoms with Gasteiger partial charge in [0.2, 0.25) is 0 Å². The Morgan fingerprint density at radius 2 is 0.676 bits per heavy atom. The van der Waals surface area contributed by atoms with Gasteiger partial charge in [-0.25, -0.2) is 9.59 Å². The average Bonchev–Trinajstić information content (AvgIpc) is 2.85. The molecule has 0 aliphatic heterocycles. The number of aliphatic hydroxyl groups excluding tert-OH is 10. The molecule has 0 aliphatic rings. The minimum absolute atomic E-state index is 0. The van der Waals surface area contributed by atoms with Gasteiger partial charge < -0.3 is 30.6 Å². The molecule has 0 amide bonds. The number of aliphatic hydroxyl groups is 10. The van der Waals surface area contributed by atoms with E-state index in [-0.39, 0.29) is 16.5 Å². The summed E-state index contributed by atoms with van der Waals surface area (Å²) in [6.07, 6.45) is -9.22. The topological polar surface area (TPSA) is 356 Å². The number of carboxylic acid groups (broad SMARTS) is 2. The molecule has 22 heteroatoms. The third-order valence-corrected chi connectivity index (χ3v) is 5.56. The van der Waals surface area contributed by atoms with Crippen LogP contribution in [0.1, 0.15) is 0 Å².